The van der Waals surface area contributed by atoms with Crippen LogP contribution in [-0.4, -0.2) is 37.2 Å². The SMILES string of the molecule is CC(C)S(=O)(=O)NC(=O)c1cccn1C1CCNCC1. The van der Waals surface area contributed by atoms with E-state index < -0.39 is 21.2 Å². The predicted molar refractivity (Wildman–Crippen MR) is 77.1 cm³/mol. The van der Waals surface area contributed by atoms with Gasteiger partial charge in [-0.3, -0.25) is 4.79 Å². The van der Waals surface area contributed by atoms with E-state index in [0.29, 0.717) is 5.69 Å². The van der Waals surface area contributed by atoms with Crippen LogP contribution in [0.5, 0.6) is 0 Å². The number of amides is 1. The van der Waals surface area contributed by atoms with E-state index >= 15 is 0 Å². The molecule has 0 aliphatic carbocycles. The molecule has 1 amide bonds. The third-order valence-electron chi connectivity index (χ3n) is 3.57. The Morgan fingerprint density at radius 2 is 2.05 bits per heavy atom. The number of piperidine rings is 1. The van der Waals surface area contributed by atoms with Gasteiger partial charge in [-0.25, -0.2) is 13.1 Å². The lowest BCUT2D eigenvalue weighted by Crippen LogP contribution is -2.38. The quantitative estimate of drug-likeness (QED) is 0.865. The average Bonchev–Trinajstić information content (AvgIpc) is 2.88. The van der Waals surface area contributed by atoms with Crippen molar-refractivity contribution in [1.29, 1.82) is 0 Å². The first-order chi connectivity index (χ1) is 9.42. The molecule has 1 fully saturated rings. The molecule has 0 unspecified atom stereocenters. The van der Waals surface area contributed by atoms with Crippen LogP contribution in [-0.2, 0) is 10.0 Å². The first-order valence-electron chi connectivity index (χ1n) is 6.85. The summed E-state index contributed by atoms with van der Waals surface area (Å²) in [6.07, 6.45) is 3.71. The number of aromatic nitrogens is 1. The minimum atomic E-state index is -3.60. The van der Waals surface area contributed by atoms with Crippen molar-refractivity contribution in [3.05, 3.63) is 24.0 Å². The molecule has 112 valence electrons. The highest BCUT2D eigenvalue weighted by Crippen LogP contribution is 2.21. The molecule has 2 heterocycles. The molecule has 0 radical (unpaired) electrons. The Kier molecular flexibility index (Phi) is 4.49. The van der Waals surface area contributed by atoms with Crippen LogP contribution in [0, 0.1) is 0 Å². The normalized spacial score (nSPS) is 17.4. The van der Waals surface area contributed by atoms with Gasteiger partial charge in [-0.05, 0) is 51.9 Å². The first kappa shape index (κ1) is 15.1. The monoisotopic (exact) mass is 299 g/mol. The zero-order valence-electron chi connectivity index (χ0n) is 11.8. The minimum absolute atomic E-state index is 0.244. The molecule has 1 aliphatic heterocycles. The van der Waals surface area contributed by atoms with Crippen LogP contribution in [0.1, 0.15) is 43.2 Å². The van der Waals surface area contributed by atoms with Crippen LogP contribution in [0.15, 0.2) is 18.3 Å². The molecule has 2 rings (SSSR count). The van der Waals surface area contributed by atoms with Crippen LogP contribution >= 0.6 is 0 Å². The number of sulfonamides is 1. The van der Waals surface area contributed by atoms with E-state index in [1.165, 1.54) is 0 Å². The summed E-state index contributed by atoms with van der Waals surface area (Å²) in [5.41, 5.74) is 0.404. The molecule has 0 aromatic carbocycles. The smallest absolute Gasteiger partial charge is 0.281 e. The number of carbonyl (C=O) groups is 1. The third-order valence-corrected chi connectivity index (χ3v) is 5.28. The fourth-order valence-electron chi connectivity index (χ4n) is 2.29. The molecule has 6 nitrogen and oxygen atoms in total. The second-order valence-corrected chi connectivity index (χ2v) is 7.54. The molecule has 2 N–H and O–H groups in total. The molecule has 0 bridgehead atoms. The number of hydrogen-bond acceptors (Lipinski definition) is 4. The maximum Gasteiger partial charge on any atom is 0.281 e. The van der Waals surface area contributed by atoms with Gasteiger partial charge in [0.15, 0.2) is 0 Å². The Bertz CT molecular complexity index is 571. The predicted octanol–water partition coefficient (Wildman–Crippen LogP) is 0.881. The summed E-state index contributed by atoms with van der Waals surface area (Å²) in [6.45, 7) is 4.91. The second kappa shape index (κ2) is 5.97. The summed E-state index contributed by atoms with van der Waals surface area (Å²) >= 11 is 0. The van der Waals surface area contributed by atoms with E-state index in [2.05, 4.69) is 10.0 Å². The van der Waals surface area contributed by atoms with Gasteiger partial charge in [-0.1, -0.05) is 0 Å². The number of hydrogen-bond donors (Lipinski definition) is 2. The number of nitrogens with zero attached hydrogens (tertiary/aromatic N) is 1. The molecule has 0 atom stereocenters. The standard InChI is InChI=1S/C13H21N3O3S/c1-10(2)20(18,19)15-13(17)12-4-3-9-16(12)11-5-7-14-8-6-11/h3-4,9-11,14H,5-8H2,1-2H3,(H,15,17). The summed E-state index contributed by atoms with van der Waals surface area (Å²) in [5.74, 6) is -0.553. The van der Waals surface area contributed by atoms with E-state index in [1.54, 1.807) is 26.0 Å². The topological polar surface area (TPSA) is 80.2 Å². The maximum atomic E-state index is 12.2. The van der Waals surface area contributed by atoms with Gasteiger partial charge in [0.1, 0.15) is 5.69 Å². The number of nitrogens with one attached hydrogen (secondary N) is 2. The van der Waals surface area contributed by atoms with Gasteiger partial charge in [-0.2, -0.15) is 0 Å². The Morgan fingerprint density at radius 1 is 1.40 bits per heavy atom. The lowest BCUT2D eigenvalue weighted by Gasteiger charge is -2.26. The van der Waals surface area contributed by atoms with Gasteiger partial charge in [0, 0.05) is 12.2 Å². The van der Waals surface area contributed by atoms with Crippen molar-refractivity contribution in [2.45, 2.75) is 38.0 Å². The molecule has 1 aromatic heterocycles. The first-order valence-corrected chi connectivity index (χ1v) is 8.40. The van der Waals surface area contributed by atoms with Gasteiger partial charge in [0.2, 0.25) is 10.0 Å². The lowest BCUT2D eigenvalue weighted by molar-refractivity contribution is 0.0968. The Hall–Kier alpha value is -1.34. The van der Waals surface area contributed by atoms with E-state index in [4.69, 9.17) is 0 Å². The molecule has 1 saturated heterocycles. The van der Waals surface area contributed by atoms with E-state index in [0.717, 1.165) is 25.9 Å². The van der Waals surface area contributed by atoms with Crippen LogP contribution in [0.2, 0.25) is 0 Å². The molecular formula is C13H21N3O3S. The number of rotatable bonds is 4. The highest BCUT2D eigenvalue weighted by Gasteiger charge is 2.24. The molecule has 1 aliphatic rings. The summed E-state index contributed by atoms with van der Waals surface area (Å²) in [7, 11) is -3.60. The highest BCUT2D eigenvalue weighted by atomic mass is 32.2. The molecule has 1 aromatic rings. The van der Waals surface area contributed by atoms with Gasteiger partial charge in [-0.15, -0.1) is 0 Å². The van der Waals surface area contributed by atoms with E-state index in [-0.39, 0.29) is 6.04 Å². The molecule has 0 saturated carbocycles. The van der Waals surface area contributed by atoms with Crippen molar-refractivity contribution >= 4 is 15.9 Å². The van der Waals surface area contributed by atoms with Crippen molar-refractivity contribution < 1.29 is 13.2 Å². The van der Waals surface area contributed by atoms with Crippen molar-refractivity contribution in [2.24, 2.45) is 0 Å². The molecule has 7 heteroatoms. The zero-order chi connectivity index (χ0) is 14.8. The van der Waals surface area contributed by atoms with Crippen LogP contribution in [0.4, 0.5) is 0 Å². The Balaban J connectivity index is 2.17. The maximum absolute atomic E-state index is 12.2. The van der Waals surface area contributed by atoms with Gasteiger partial charge >= 0.3 is 0 Å². The minimum Gasteiger partial charge on any atom is -0.340 e. The van der Waals surface area contributed by atoms with Crippen molar-refractivity contribution in [3.8, 4) is 0 Å². The fraction of sp³-hybridized carbons (Fsp3) is 0.615. The lowest BCUT2D eigenvalue weighted by atomic mass is 10.1. The van der Waals surface area contributed by atoms with Crippen molar-refractivity contribution in [1.82, 2.24) is 14.6 Å². The second-order valence-electron chi connectivity index (χ2n) is 5.31. The summed E-state index contributed by atoms with van der Waals surface area (Å²) in [6, 6.07) is 3.68. The van der Waals surface area contributed by atoms with Gasteiger partial charge in [0.05, 0.1) is 5.25 Å². The number of carbonyl (C=O) groups excluding carboxylic acids is 1. The summed E-state index contributed by atoms with van der Waals surface area (Å²) in [5, 5.41) is 2.64. The van der Waals surface area contributed by atoms with Crippen molar-refractivity contribution in [2.75, 3.05) is 13.1 Å². The van der Waals surface area contributed by atoms with Gasteiger partial charge in [0.25, 0.3) is 5.91 Å². The largest absolute Gasteiger partial charge is 0.340 e. The van der Waals surface area contributed by atoms with Crippen molar-refractivity contribution in [3.63, 3.8) is 0 Å². The Morgan fingerprint density at radius 3 is 2.65 bits per heavy atom. The van der Waals surface area contributed by atoms with Crippen LogP contribution < -0.4 is 10.0 Å². The molecular weight excluding hydrogens is 278 g/mol. The third kappa shape index (κ3) is 3.21. The summed E-state index contributed by atoms with van der Waals surface area (Å²) in [4.78, 5) is 12.2. The van der Waals surface area contributed by atoms with Gasteiger partial charge < -0.3 is 9.88 Å². The van der Waals surface area contributed by atoms with E-state index in [9.17, 15) is 13.2 Å². The van der Waals surface area contributed by atoms with E-state index in [1.807, 2.05) is 10.8 Å². The van der Waals surface area contributed by atoms with Crippen LogP contribution in [0.25, 0.3) is 0 Å². The average molecular weight is 299 g/mol. The molecule has 0 spiro atoms. The zero-order valence-corrected chi connectivity index (χ0v) is 12.6. The fourth-order valence-corrected chi connectivity index (χ4v) is 2.89. The van der Waals surface area contributed by atoms with Crippen LogP contribution in [0.3, 0.4) is 0 Å². The molecule has 20 heavy (non-hydrogen) atoms. The highest BCUT2D eigenvalue weighted by molar-refractivity contribution is 7.90. The Labute approximate surface area is 119 Å². The summed E-state index contributed by atoms with van der Waals surface area (Å²) < 4.78 is 27.6.